The maximum absolute atomic E-state index is 14.5. The van der Waals surface area contributed by atoms with E-state index in [1.807, 2.05) is 47.5 Å². The summed E-state index contributed by atoms with van der Waals surface area (Å²) in [6.45, 7) is 2.78. The molecule has 30 heavy (non-hydrogen) atoms. The molecule has 152 valence electrons. The van der Waals surface area contributed by atoms with Crippen molar-refractivity contribution in [1.82, 2.24) is 4.90 Å². The van der Waals surface area contributed by atoms with Crippen LogP contribution >= 0.6 is 11.3 Å². The molecule has 2 heterocycles. The lowest BCUT2D eigenvalue weighted by molar-refractivity contribution is -0.120. The fraction of sp³-hybridized carbons (Fsp3) is 0.130. The third-order valence-corrected chi connectivity index (χ3v) is 5.78. The highest BCUT2D eigenvalue weighted by atomic mass is 32.1. The van der Waals surface area contributed by atoms with E-state index >= 15 is 0 Å². The molecule has 7 heteroatoms. The SMILES string of the molecule is CCN(Cc1ccccc1)C1=C(c2cccs2)C(=O)N(c2ccc(F)cc2F)C1=O. The lowest BCUT2D eigenvalue weighted by Crippen LogP contribution is -2.35. The van der Waals surface area contributed by atoms with E-state index in [0.29, 0.717) is 24.0 Å². The van der Waals surface area contributed by atoms with Gasteiger partial charge in [0.15, 0.2) is 0 Å². The van der Waals surface area contributed by atoms with E-state index in [1.54, 1.807) is 12.1 Å². The number of imide groups is 1. The summed E-state index contributed by atoms with van der Waals surface area (Å²) in [5, 5.41) is 1.81. The number of likely N-dealkylation sites (N-methyl/N-ethyl adjacent to an activating group) is 1. The number of nitrogens with zero attached hydrogens (tertiary/aromatic N) is 2. The third kappa shape index (κ3) is 3.52. The summed E-state index contributed by atoms with van der Waals surface area (Å²) in [6, 6.07) is 15.9. The highest BCUT2D eigenvalue weighted by Crippen LogP contribution is 2.37. The quantitative estimate of drug-likeness (QED) is 0.532. The van der Waals surface area contributed by atoms with Gasteiger partial charge in [-0.1, -0.05) is 36.4 Å². The summed E-state index contributed by atoms with van der Waals surface area (Å²) in [4.78, 5) is 29.9. The second-order valence-corrected chi connectivity index (χ2v) is 7.69. The van der Waals surface area contributed by atoms with Crippen LogP contribution in [0.25, 0.3) is 5.57 Å². The van der Waals surface area contributed by atoms with Crippen LogP contribution < -0.4 is 4.90 Å². The van der Waals surface area contributed by atoms with Crippen molar-refractivity contribution in [3.63, 3.8) is 0 Å². The first-order valence-electron chi connectivity index (χ1n) is 9.42. The minimum atomic E-state index is -0.963. The Morgan fingerprint density at radius 3 is 2.37 bits per heavy atom. The molecule has 2 aromatic carbocycles. The first-order chi connectivity index (χ1) is 14.5. The van der Waals surface area contributed by atoms with E-state index < -0.39 is 23.4 Å². The molecule has 0 bridgehead atoms. The Hall–Kier alpha value is -3.32. The molecule has 0 spiro atoms. The Morgan fingerprint density at radius 2 is 1.73 bits per heavy atom. The molecule has 4 rings (SSSR count). The van der Waals surface area contributed by atoms with Crippen molar-refractivity contribution in [2.75, 3.05) is 11.4 Å². The summed E-state index contributed by atoms with van der Waals surface area (Å²) in [5.41, 5.74) is 1.17. The highest BCUT2D eigenvalue weighted by molar-refractivity contribution is 7.11. The molecule has 0 aliphatic carbocycles. The average molecular weight is 424 g/mol. The molecule has 0 N–H and O–H groups in total. The maximum Gasteiger partial charge on any atom is 0.282 e. The van der Waals surface area contributed by atoms with Crippen LogP contribution in [0.15, 0.2) is 71.7 Å². The van der Waals surface area contributed by atoms with Crippen LogP contribution in [0.3, 0.4) is 0 Å². The van der Waals surface area contributed by atoms with E-state index in [9.17, 15) is 18.4 Å². The molecule has 3 aromatic rings. The summed E-state index contributed by atoms with van der Waals surface area (Å²) < 4.78 is 27.8. The molecular formula is C23H18F2N2O2S. The van der Waals surface area contributed by atoms with E-state index in [-0.39, 0.29) is 17.0 Å². The molecule has 2 amide bonds. The van der Waals surface area contributed by atoms with Gasteiger partial charge in [-0.25, -0.2) is 13.7 Å². The number of halogens is 2. The second kappa shape index (κ2) is 8.20. The van der Waals surface area contributed by atoms with Crippen LogP contribution in [0.1, 0.15) is 17.4 Å². The van der Waals surface area contributed by atoms with Crippen LogP contribution in [0, 0.1) is 11.6 Å². The zero-order valence-electron chi connectivity index (χ0n) is 16.1. The van der Waals surface area contributed by atoms with Crippen LogP contribution in [0.2, 0.25) is 0 Å². The van der Waals surface area contributed by atoms with Crippen molar-refractivity contribution in [2.45, 2.75) is 13.5 Å². The Bertz CT molecular complexity index is 1130. The number of amides is 2. The molecule has 0 fully saturated rings. The maximum atomic E-state index is 14.5. The van der Waals surface area contributed by atoms with Crippen LogP contribution in [-0.4, -0.2) is 23.3 Å². The van der Waals surface area contributed by atoms with Gasteiger partial charge in [-0.2, -0.15) is 0 Å². The van der Waals surface area contributed by atoms with Gasteiger partial charge in [-0.15, -0.1) is 11.3 Å². The molecule has 4 nitrogen and oxygen atoms in total. The average Bonchev–Trinajstić information content (AvgIpc) is 3.34. The zero-order valence-corrected chi connectivity index (χ0v) is 17.0. The Morgan fingerprint density at radius 1 is 0.967 bits per heavy atom. The normalized spacial score (nSPS) is 14.0. The lowest BCUT2D eigenvalue weighted by atomic mass is 10.1. The highest BCUT2D eigenvalue weighted by Gasteiger charge is 2.43. The van der Waals surface area contributed by atoms with E-state index in [2.05, 4.69) is 0 Å². The summed E-state index contributed by atoms with van der Waals surface area (Å²) in [6.07, 6.45) is 0. The second-order valence-electron chi connectivity index (χ2n) is 6.74. The van der Waals surface area contributed by atoms with Crippen LogP contribution in [0.5, 0.6) is 0 Å². The number of rotatable bonds is 6. The van der Waals surface area contributed by atoms with Crippen LogP contribution in [-0.2, 0) is 16.1 Å². The van der Waals surface area contributed by atoms with Crippen molar-refractivity contribution in [3.05, 3.63) is 93.8 Å². The first-order valence-corrected chi connectivity index (χ1v) is 10.3. The first kappa shape index (κ1) is 20.0. The number of hydrogen-bond donors (Lipinski definition) is 0. The van der Waals surface area contributed by atoms with Crippen molar-refractivity contribution < 1.29 is 18.4 Å². The van der Waals surface area contributed by atoms with Crippen molar-refractivity contribution >= 4 is 34.4 Å². The monoisotopic (exact) mass is 424 g/mol. The number of hydrogen-bond acceptors (Lipinski definition) is 4. The van der Waals surface area contributed by atoms with E-state index in [4.69, 9.17) is 0 Å². The molecule has 0 saturated carbocycles. The lowest BCUT2D eigenvalue weighted by Gasteiger charge is -2.25. The molecule has 1 aromatic heterocycles. The fourth-order valence-electron chi connectivity index (χ4n) is 3.49. The molecule has 1 aliphatic rings. The minimum Gasteiger partial charge on any atom is -0.362 e. The summed E-state index contributed by atoms with van der Waals surface area (Å²) >= 11 is 1.33. The van der Waals surface area contributed by atoms with Gasteiger partial charge in [0.1, 0.15) is 17.3 Å². The number of carbonyl (C=O) groups is 2. The van der Waals surface area contributed by atoms with Crippen molar-refractivity contribution in [2.24, 2.45) is 0 Å². The number of anilines is 1. The smallest absolute Gasteiger partial charge is 0.282 e. The predicted octanol–water partition coefficient (Wildman–Crippen LogP) is 4.83. The van der Waals surface area contributed by atoms with E-state index in [0.717, 1.165) is 22.6 Å². The molecule has 1 aliphatic heterocycles. The molecule has 0 atom stereocenters. The number of thiophene rings is 1. The molecule has 0 unspecified atom stereocenters. The van der Waals surface area contributed by atoms with Gasteiger partial charge in [-0.3, -0.25) is 9.59 Å². The van der Waals surface area contributed by atoms with E-state index in [1.165, 1.54) is 11.3 Å². The summed E-state index contributed by atoms with van der Waals surface area (Å²) in [5.74, 6) is -2.97. The van der Waals surface area contributed by atoms with Gasteiger partial charge in [-0.05, 0) is 36.1 Å². The topological polar surface area (TPSA) is 40.6 Å². The number of benzene rings is 2. The standard InChI is InChI=1S/C23H18F2N2O2S/c1-2-26(14-15-7-4-3-5-8-15)21-20(19-9-6-12-30-19)22(28)27(23(21)29)18-11-10-16(24)13-17(18)25/h3-13H,2,14H2,1H3. The molecule has 0 radical (unpaired) electrons. The predicted molar refractivity (Wildman–Crippen MR) is 113 cm³/mol. The third-order valence-electron chi connectivity index (χ3n) is 4.89. The van der Waals surface area contributed by atoms with Gasteiger partial charge in [0.25, 0.3) is 11.8 Å². The van der Waals surface area contributed by atoms with Gasteiger partial charge in [0.2, 0.25) is 0 Å². The van der Waals surface area contributed by atoms with Gasteiger partial charge in [0.05, 0.1) is 11.3 Å². The number of carbonyl (C=O) groups excluding carboxylic acids is 2. The fourth-order valence-corrected chi connectivity index (χ4v) is 4.25. The Kier molecular flexibility index (Phi) is 5.46. The van der Waals surface area contributed by atoms with Crippen LogP contribution in [0.4, 0.5) is 14.5 Å². The van der Waals surface area contributed by atoms with Crippen molar-refractivity contribution in [3.8, 4) is 0 Å². The summed E-state index contributed by atoms with van der Waals surface area (Å²) in [7, 11) is 0. The minimum absolute atomic E-state index is 0.220. The Balaban J connectivity index is 1.81. The largest absolute Gasteiger partial charge is 0.362 e. The Labute approximate surface area is 176 Å². The zero-order chi connectivity index (χ0) is 21.3. The molecular weight excluding hydrogens is 406 g/mol. The van der Waals surface area contributed by atoms with Gasteiger partial charge >= 0.3 is 0 Å². The van der Waals surface area contributed by atoms with Crippen molar-refractivity contribution in [1.29, 1.82) is 0 Å². The van der Waals surface area contributed by atoms with Gasteiger partial charge < -0.3 is 4.90 Å². The molecule has 0 saturated heterocycles. The van der Waals surface area contributed by atoms with Gasteiger partial charge in [0, 0.05) is 24.0 Å².